The van der Waals surface area contributed by atoms with Crippen LogP contribution in [0, 0.1) is 5.41 Å². The van der Waals surface area contributed by atoms with Crippen molar-refractivity contribution in [2.45, 2.75) is 72.1 Å². The fourth-order valence-electron chi connectivity index (χ4n) is 2.39. The maximum atomic E-state index is 6.67. The van der Waals surface area contributed by atoms with E-state index in [4.69, 9.17) is 11.6 Å². The van der Waals surface area contributed by atoms with Gasteiger partial charge in [0.05, 0.1) is 5.38 Å². The molecule has 0 saturated carbocycles. The van der Waals surface area contributed by atoms with Gasteiger partial charge >= 0.3 is 0 Å². The Hall–Kier alpha value is -0.490. The Morgan fingerprint density at radius 1 is 0.947 bits per heavy atom. The predicted octanol–water partition coefficient (Wildman–Crippen LogP) is 6.65. The van der Waals surface area contributed by atoms with E-state index in [2.05, 4.69) is 66.7 Å². The summed E-state index contributed by atoms with van der Waals surface area (Å²) >= 11 is 6.67. The van der Waals surface area contributed by atoms with E-state index >= 15 is 0 Å². The minimum Gasteiger partial charge on any atom is -0.118 e. The summed E-state index contributed by atoms with van der Waals surface area (Å²) in [6.45, 7) is 15.7. The van der Waals surface area contributed by atoms with Crippen molar-refractivity contribution in [3.63, 3.8) is 0 Å². The molecule has 1 rings (SSSR count). The lowest BCUT2D eigenvalue weighted by Crippen LogP contribution is -2.10. The molecule has 0 radical (unpaired) electrons. The highest BCUT2D eigenvalue weighted by Gasteiger charge is 2.21. The molecule has 1 atom stereocenters. The Kier molecular flexibility index (Phi) is 5.50. The van der Waals surface area contributed by atoms with Crippen molar-refractivity contribution in [3.05, 3.63) is 34.9 Å². The van der Waals surface area contributed by atoms with Crippen LogP contribution in [0.15, 0.2) is 18.2 Å². The van der Waals surface area contributed by atoms with E-state index < -0.39 is 0 Å². The van der Waals surface area contributed by atoms with Gasteiger partial charge in [-0.15, -0.1) is 11.6 Å². The van der Waals surface area contributed by atoms with Crippen LogP contribution in [0.3, 0.4) is 0 Å². The van der Waals surface area contributed by atoms with Crippen molar-refractivity contribution < 1.29 is 0 Å². The molecule has 0 saturated heterocycles. The molecular formula is C18H29Cl. The summed E-state index contributed by atoms with van der Waals surface area (Å²) < 4.78 is 0. The summed E-state index contributed by atoms with van der Waals surface area (Å²) in [7, 11) is 0. The van der Waals surface area contributed by atoms with E-state index in [1.807, 2.05) is 0 Å². The molecule has 1 aromatic carbocycles. The Morgan fingerprint density at radius 2 is 1.53 bits per heavy atom. The molecule has 0 heterocycles. The maximum absolute atomic E-state index is 6.67. The van der Waals surface area contributed by atoms with E-state index in [0.29, 0.717) is 11.8 Å². The molecule has 1 heteroatoms. The molecule has 0 aliphatic heterocycles. The number of hydrogen-bond acceptors (Lipinski definition) is 0. The highest BCUT2D eigenvalue weighted by Crippen LogP contribution is 2.38. The number of rotatable bonds is 4. The lowest BCUT2D eigenvalue weighted by Gasteiger charge is -2.25. The second-order valence-electron chi connectivity index (χ2n) is 7.43. The van der Waals surface area contributed by atoms with Crippen LogP contribution in [0.5, 0.6) is 0 Å². The van der Waals surface area contributed by atoms with Gasteiger partial charge in [0.25, 0.3) is 0 Å². The fraction of sp³-hybridized carbons (Fsp3) is 0.667. The zero-order valence-corrected chi connectivity index (χ0v) is 14.3. The molecule has 0 aliphatic carbocycles. The summed E-state index contributed by atoms with van der Waals surface area (Å²) in [6.07, 6.45) is 1.01. The highest BCUT2D eigenvalue weighted by atomic mass is 35.5. The minimum absolute atomic E-state index is 0.110. The first-order valence-electron chi connectivity index (χ1n) is 7.39. The highest BCUT2D eigenvalue weighted by molar-refractivity contribution is 6.21. The summed E-state index contributed by atoms with van der Waals surface area (Å²) in [4.78, 5) is 0. The maximum Gasteiger partial charge on any atom is 0.0593 e. The Labute approximate surface area is 124 Å². The smallest absolute Gasteiger partial charge is 0.0593 e. The van der Waals surface area contributed by atoms with Crippen LogP contribution < -0.4 is 0 Å². The fourth-order valence-corrected chi connectivity index (χ4v) is 3.05. The molecule has 108 valence electrons. The largest absolute Gasteiger partial charge is 0.118 e. The molecule has 0 nitrogen and oxygen atoms in total. The number of halogens is 1. The average molecular weight is 281 g/mol. The average Bonchev–Trinajstić information content (AvgIpc) is 2.25. The molecule has 0 N–H and O–H groups in total. The van der Waals surface area contributed by atoms with Crippen LogP contribution in [-0.2, 0) is 0 Å². The molecule has 19 heavy (non-hydrogen) atoms. The van der Waals surface area contributed by atoms with Gasteiger partial charge in [-0.2, -0.15) is 0 Å². The van der Waals surface area contributed by atoms with E-state index in [1.54, 1.807) is 0 Å². The molecule has 0 aliphatic rings. The second kappa shape index (κ2) is 6.31. The van der Waals surface area contributed by atoms with Gasteiger partial charge in [0.1, 0.15) is 0 Å². The van der Waals surface area contributed by atoms with Gasteiger partial charge in [-0.05, 0) is 40.4 Å². The van der Waals surface area contributed by atoms with Gasteiger partial charge in [0.2, 0.25) is 0 Å². The van der Waals surface area contributed by atoms with Gasteiger partial charge in [0.15, 0.2) is 0 Å². The van der Waals surface area contributed by atoms with E-state index in [-0.39, 0.29) is 10.8 Å². The third-order valence-corrected chi connectivity index (χ3v) is 3.92. The van der Waals surface area contributed by atoms with Gasteiger partial charge in [0, 0.05) is 0 Å². The second-order valence-corrected chi connectivity index (χ2v) is 7.96. The Balaban J connectivity index is 3.13. The quantitative estimate of drug-likeness (QED) is 0.542. The number of hydrogen-bond donors (Lipinski definition) is 0. The van der Waals surface area contributed by atoms with Crippen LogP contribution in [0.4, 0.5) is 0 Å². The molecule has 1 aromatic rings. The van der Waals surface area contributed by atoms with Crippen LogP contribution in [0.2, 0.25) is 0 Å². The zero-order chi connectivity index (χ0) is 14.8. The van der Waals surface area contributed by atoms with E-state index in [9.17, 15) is 0 Å². The number of benzene rings is 1. The van der Waals surface area contributed by atoms with Gasteiger partial charge < -0.3 is 0 Å². The summed E-state index contributed by atoms with van der Waals surface area (Å²) in [5.41, 5.74) is 4.40. The molecule has 1 unspecified atom stereocenters. The molecule has 0 aromatic heterocycles. The van der Waals surface area contributed by atoms with Crippen molar-refractivity contribution in [1.29, 1.82) is 0 Å². The topological polar surface area (TPSA) is 0 Å². The van der Waals surface area contributed by atoms with Crippen LogP contribution in [-0.4, -0.2) is 0 Å². The minimum atomic E-state index is 0.110. The van der Waals surface area contributed by atoms with Crippen molar-refractivity contribution in [2.24, 2.45) is 5.41 Å². The van der Waals surface area contributed by atoms with Crippen molar-refractivity contribution in [3.8, 4) is 0 Å². The first-order valence-corrected chi connectivity index (χ1v) is 7.83. The van der Waals surface area contributed by atoms with E-state index in [1.165, 1.54) is 16.7 Å². The van der Waals surface area contributed by atoms with Crippen LogP contribution in [0.1, 0.15) is 88.8 Å². The van der Waals surface area contributed by atoms with Gasteiger partial charge in [-0.25, -0.2) is 0 Å². The molecular weight excluding hydrogens is 252 g/mol. The monoisotopic (exact) mass is 280 g/mol. The van der Waals surface area contributed by atoms with E-state index in [0.717, 1.165) is 6.42 Å². The lowest BCUT2D eigenvalue weighted by molar-refractivity contribution is 0.371. The molecule has 0 spiro atoms. The van der Waals surface area contributed by atoms with Crippen LogP contribution in [0.25, 0.3) is 0 Å². The summed E-state index contributed by atoms with van der Waals surface area (Å²) in [5, 5.41) is 0.110. The first-order chi connectivity index (χ1) is 8.61. The number of alkyl halides is 1. The van der Waals surface area contributed by atoms with Crippen LogP contribution >= 0.6 is 11.6 Å². The molecule has 0 bridgehead atoms. The SMILES string of the molecule is CC(C)c1ccc(C(Cl)CC(C)(C)C)c(C(C)C)c1. The van der Waals surface area contributed by atoms with Crippen molar-refractivity contribution >= 4 is 11.6 Å². The third-order valence-electron chi connectivity index (χ3n) is 3.53. The molecule has 0 amide bonds. The predicted molar refractivity (Wildman–Crippen MR) is 87.3 cm³/mol. The van der Waals surface area contributed by atoms with Crippen molar-refractivity contribution in [1.82, 2.24) is 0 Å². The standard InChI is InChI=1S/C18H29Cl/c1-12(2)14-8-9-15(16(10-14)13(3)4)17(19)11-18(5,6)7/h8-10,12-13,17H,11H2,1-7H3. The first kappa shape index (κ1) is 16.6. The zero-order valence-electron chi connectivity index (χ0n) is 13.5. The summed E-state index contributed by atoms with van der Waals surface area (Å²) in [5.74, 6) is 1.10. The summed E-state index contributed by atoms with van der Waals surface area (Å²) in [6, 6.07) is 6.83. The lowest BCUT2D eigenvalue weighted by atomic mass is 9.84. The molecule has 0 fully saturated rings. The normalized spacial score (nSPS) is 14.2. The van der Waals surface area contributed by atoms with Crippen molar-refractivity contribution in [2.75, 3.05) is 0 Å². The Bertz CT molecular complexity index is 410. The van der Waals surface area contributed by atoms with Gasteiger partial charge in [-0.1, -0.05) is 66.7 Å². The Morgan fingerprint density at radius 3 is 1.95 bits per heavy atom. The third kappa shape index (κ3) is 4.84. The van der Waals surface area contributed by atoms with Gasteiger partial charge in [-0.3, -0.25) is 0 Å².